The van der Waals surface area contributed by atoms with E-state index in [0.717, 1.165) is 23.4 Å². The van der Waals surface area contributed by atoms with E-state index in [4.69, 9.17) is 4.74 Å². The Kier molecular flexibility index (Phi) is 6.45. The first-order valence-electron chi connectivity index (χ1n) is 8.70. The van der Waals surface area contributed by atoms with Crippen LogP contribution < -0.4 is 15.4 Å². The highest BCUT2D eigenvalue weighted by atomic mass is 16.5. The van der Waals surface area contributed by atoms with Gasteiger partial charge >= 0.3 is 6.03 Å². The molecule has 4 heteroatoms. The van der Waals surface area contributed by atoms with E-state index in [0.29, 0.717) is 13.2 Å². The van der Waals surface area contributed by atoms with Crippen molar-refractivity contribution in [3.8, 4) is 5.75 Å². The second-order valence-electron chi connectivity index (χ2n) is 7.19. The molecule has 0 radical (unpaired) electrons. The van der Waals surface area contributed by atoms with E-state index in [1.54, 1.807) is 0 Å². The van der Waals surface area contributed by atoms with Gasteiger partial charge in [-0.2, -0.15) is 0 Å². The SMILES string of the molecule is Cc1ccc(OCCCNC(=O)Nc2ccccc2C(C)(C)C)cc1. The lowest BCUT2D eigenvalue weighted by atomic mass is 9.86. The van der Waals surface area contributed by atoms with Gasteiger partial charge in [-0.3, -0.25) is 0 Å². The first-order valence-corrected chi connectivity index (χ1v) is 8.70. The van der Waals surface area contributed by atoms with Crippen molar-refractivity contribution in [3.05, 3.63) is 59.7 Å². The molecule has 0 aromatic heterocycles. The van der Waals surface area contributed by atoms with Crippen molar-refractivity contribution in [1.29, 1.82) is 0 Å². The first-order chi connectivity index (χ1) is 11.9. The predicted octanol–water partition coefficient (Wildman–Crippen LogP) is 4.88. The maximum absolute atomic E-state index is 12.1. The van der Waals surface area contributed by atoms with Crippen LogP contribution in [0, 0.1) is 6.92 Å². The molecule has 0 atom stereocenters. The molecule has 25 heavy (non-hydrogen) atoms. The van der Waals surface area contributed by atoms with E-state index in [1.165, 1.54) is 5.56 Å². The number of anilines is 1. The largest absolute Gasteiger partial charge is 0.494 e. The fourth-order valence-corrected chi connectivity index (χ4v) is 2.51. The smallest absolute Gasteiger partial charge is 0.319 e. The van der Waals surface area contributed by atoms with E-state index < -0.39 is 0 Å². The average Bonchev–Trinajstić information content (AvgIpc) is 2.56. The Morgan fingerprint density at radius 1 is 1.04 bits per heavy atom. The lowest BCUT2D eigenvalue weighted by Crippen LogP contribution is -2.31. The zero-order valence-electron chi connectivity index (χ0n) is 15.6. The zero-order valence-corrected chi connectivity index (χ0v) is 15.6. The summed E-state index contributed by atoms with van der Waals surface area (Å²) in [6.45, 7) is 9.58. The third-order valence-electron chi connectivity index (χ3n) is 3.88. The number of hydrogen-bond acceptors (Lipinski definition) is 2. The van der Waals surface area contributed by atoms with E-state index in [1.807, 2.05) is 55.5 Å². The molecule has 0 aliphatic heterocycles. The van der Waals surface area contributed by atoms with Crippen LogP contribution in [-0.2, 0) is 5.41 Å². The predicted molar refractivity (Wildman–Crippen MR) is 103 cm³/mol. The van der Waals surface area contributed by atoms with Crippen LogP contribution in [-0.4, -0.2) is 19.2 Å². The molecular weight excluding hydrogens is 312 g/mol. The van der Waals surface area contributed by atoms with Gasteiger partial charge in [-0.15, -0.1) is 0 Å². The molecule has 0 fully saturated rings. The standard InChI is InChI=1S/C21H28N2O2/c1-16-10-12-17(13-11-16)25-15-7-14-22-20(24)23-19-9-6-5-8-18(19)21(2,3)4/h5-6,8-13H,7,14-15H2,1-4H3,(H2,22,23,24). The lowest BCUT2D eigenvalue weighted by molar-refractivity contribution is 0.250. The number of ether oxygens (including phenoxy) is 1. The van der Waals surface area contributed by atoms with E-state index in [9.17, 15) is 4.79 Å². The number of nitrogens with one attached hydrogen (secondary N) is 2. The number of rotatable bonds is 6. The van der Waals surface area contributed by atoms with Gasteiger partial charge in [0.15, 0.2) is 0 Å². The van der Waals surface area contributed by atoms with Crippen LogP contribution in [0.4, 0.5) is 10.5 Å². The summed E-state index contributed by atoms with van der Waals surface area (Å²) >= 11 is 0. The third kappa shape index (κ3) is 6.14. The average molecular weight is 340 g/mol. The van der Waals surface area contributed by atoms with E-state index in [2.05, 4.69) is 31.4 Å². The van der Waals surface area contributed by atoms with Crippen LogP contribution >= 0.6 is 0 Å². The Morgan fingerprint density at radius 2 is 1.72 bits per heavy atom. The van der Waals surface area contributed by atoms with Crippen molar-refractivity contribution >= 4 is 11.7 Å². The Morgan fingerprint density at radius 3 is 2.40 bits per heavy atom. The first kappa shape index (κ1) is 18.8. The molecule has 0 aliphatic rings. The normalized spacial score (nSPS) is 11.0. The number of para-hydroxylation sites is 1. The highest BCUT2D eigenvalue weighted by Crippen LogP contribution is 2.29. The Balaban J connectivity index is 1.73. The number of carbonyl (C=O) groups excluding carboxylic acids is 1. The summed E-state index contributed by atoms with van der Waals surface area (Å²) in [5, 5.41) is 5.82. The van der Waals surface area contributed by atoms with Gasteiger partial charge in [-0.1, -0.05) is 56.7 Å². The molecule has 0 bridgehead atoms. The van der Waals surface area contributed by atoms with Crippen molar-refractivity contribution in [2.45, 2.75) is 39.5 Å². The molecule has 0 heterocycles. The van der Waals surface area contributed by atoms with Crippen LogP contribution in [0.25, 0.3) is 0 Å². The second-order valence-corrected chi connectivity index (χ2v) is 7.19. The molecule has 134 valence electrons. The molecule has 2 aromatic rings. The second kappa shape index (κ2) is 8.56. The molecule has 0 aliphatic carbocycles. The molecule has 2 rings (SSSR count). The minimum absolute atomic E-state index is 0.0221. The monoisotopic (exact) mass is 340 g/mol. The molecule has 0 saturated heterocycles. The summed E-state index contributed by atoms with van der Waals surface area (Å²) in [4.78, 5) is 12.1. The van der Waals surface area contributed by atoms with Gasteiger partial charge in [0.2, 0.25) is 0 Å². The number of hydrogen-bond donors (Lipinski definition) is 2. The summed E-state index contributed by atoms with van der Waals surface area (Å²) < 4.78 is 5.65. The van der Waals surface area contributed by atoms with Gasteiger partial charge in [-0.25, -0.2) is 4.79 Å². The van der Waals surface area contributed by atoms with Gasteiger partial charge in [-0.05, 0) is 42.5 Å². The number of amides is 2. The third-order valence-corrected chi connectivity index (χ3v) is 3.88. The molecule has 4 nitrogen and oxygen atoms in total. The van der Waals surface area contributed by atoms with Crippen LogP contribution in [0.1, 0.15) is 38.3 Å². The van der Waals surface area contributed by atoms with Crippen LogP contribution in [0.2, 0.25) is 0 Å². The van der Waals surface area contributed by atoms with Gasteiger partial charge in [0, 0.05) is 12.2 Å². The Labute approximate surface area is 150 Å². The molecule has 2 aromatic carbocycles. The molecule has 0 unspecified atom stereocenters. The van der Waals surface area contributed by atoms with Crippen molar-refractivity contribution in [2.24, 2.45) is 0 Å². The highest BCUT2D eigenvalue weighted by molar-refractivity contribution is 5.90. The zero-order chi connectivity index (χ0) is 18.3. The van der Waals surface area contributed by atoms with Crippen LogP contribution in [0.3, 0.4) is 0 Å². The highest BCUT2D eigenvalue weighted by Gasteiger charge is 2.18. The molecule has 0 spiro atoms. The number of carbonyl (C=O) groups is 1. The van der Waals surface area contributed by atoms with Crippen LogP contribution in [0.5, 0.6) is 5.75 Å². The lowest BCUT2D eigenvalue weighted by Gasteiger charge is -2.23. The van der Waals surface area contributed by atoms with Crippen molar-refractivity contribution in [3.63, 3.8) is 0 Å². The fourth-order valence-electron chi connectivity index (χ4n) is 2.51. The minimum atomic E-state index is -0.188. The van der Waals surface area contributed by atoms with Crippen molar-refractivity contribution in [2.75, 3.05) is 18.5 Å². The van der Waals surface area contributed by atoms with E-state index >= 15 is 0 Å². The van der Waals surface area contributed by atoms with Crippen LogP contribution in [0.15, 0.2) is 48.5 Å². The summed E-state index contributed by atoms with van der Waals surface area (Å²) in [7, 11) is 0. The Bertz CT molecular complexity index is 688. The molecule has 2 N–H and O–H groups in total. The molecule has 0 saturated carbocycles. The maximum Gasteiger partial charge on any atom is 0.319 e. The topological polar surface area (TPSA) is 50.4 Å². The van der Waals surface area contributed by atoms with Crippen molar-refractivity contribution in [1.82, 2.24) is 5.32 Å². The van der Waals surface area contributed by atoms with E-state index in [-0.39, 0.29) is 11.4 Å². The number of benzene rings is 2. The van der Waals surface area contributed by atoms with Gasteiger partial charge < -0.3 is 15.4 Å². The van der Waals surface area contributed by atoms with Crippen molar-refractivity contribution < 1.29 is 9.53 Å². The fraction of sp³-hybridized carbons (Fsp3) is 0.381. The summed E-state index contributed by atoms with van der Waals surface area (Å²) in [5.41, 5.74) is 3.16. The minimum Gasteiger partial charge on any atom is -0.494 e. The van der Waals surface area contributed by atoms with Gasteiger partial charge in [0.25, 0.3) is 0 Å². The number of aryl methyl sites for hydroxylation is 1. The van der Waals surface area contributed by atoms with Gasteiger partial charge in [0.1, 0.15) is 5.75 Å². The number of urea groups is 1. The quantitative estimate of drug-likeness (QED) is 0.736. The molecule has 2 amide bonds. The molecular formula is C21H28N2O2. The Hall–Kier alpha value is -2.49. The maximum atomic E-state index is 12.1. The summed E-state index contributed by atoms with van der Waals surface area (Å²) in [5.74, 6) is 0.856. The van der Waals surface area contributed by atoms with Gasteiger partial charge in [0.05, 0.1) is 6.61 Å². The summed E-state index contributed by atoms with van der Waals surface area (Å²) in [6, 6.07) is 15.7. The summed E-state index contributed by atoms with van der Waals surface area (Å²) in [6.07, 6.45) is 0.752.